The van der Waals surface area contributed by atoms with Crippen molar-refractivity contribution in [3.8, 4) is 0 Å². The van der Waals surface area contributed by atoms with Gasteiger partial charge in [0.1, 0.15) is 6.04 Å². The fourth-order valence-corrected chi connectivity index (χ4v) is 1.63. The van der Waals surface area contributed by atoms with Crippen molar-refractivity contribution >= 4 is 17.8 Å². The Bertz CT molecular complexity index is 472. The molecule has 20 heavy (non-hydrogen) atoms. The first-order chi connectivity index (χ1) is 9.52. The zero-order valence-electron chi connectivity index (χ0n) is 11.2. The molecule has 0 saturated heterocycles. The second kappa shape index (κ2) is 7.93. The molecule has 6 heteroatoms. The number of carboxylic acids is 1. The van der Waals surface area contributed by atoms with Crippen LogP contribution in [0.4, 0.5) is 0 Å². The number of nitrogens with one attached hydrogen (secondary N) is 1. The number of ether oxygens (including phenoxy) is 1. The molecular formula is C14H17NO5. The number of hydrogen-bond donors (Lipinski definition) is 2. The minimum atomic E-state index is -1.11. The van der Waals surface area contributed by atoms with Crippen molar-refractivity contribution in [2.75, 3.05) is 7.11 Å². The standard InChI is InChI=1S/C14H17NO5/c1-20-13(17)8-7-12(16)15-11(14(18)19)9-10-5-3-2-4-6-10/h2-6,11H,7-9H2,1H3,(H,15,16)(H,18,19). The van der Waals surface area contributed by atoms with Crippen molar-refractivity contribution in [2.45, 2.75) is 25.3 Å². The van der Waals surface area contributed by atoms with Crippen LogP contribution < -0.4 is 5.32 Å². The number of carbonyl (C=O) groups is 3. The second-order valence-electron chi connectivity index (χ2n) is 4.22. The van der Waals surface area contributed by atoms with Gasteiger partial charge in [-0.2, -0.15) is 0 Å². The van der Waals surface area contributed by atoms with E-state index in [1.54, 1.807) is 24.3 Å². The number of amides is 1. The lowest BCUT2D eigenvalue weighted by molar-refractivity contribution is -0.143. The summed E-state index contributed by atoms with van der Waals surface area (Å²) in [5, 5.41) is 11.5. The second-order valence-corrected chi connectivity index (χ2v) is 4.22. The highest BCUT2D eigenvalue weighted by Gasteiger charge is 2.20. The van der Waals surface area contributed by atoms with Crippen molar-refractivity contribution < 1.29 is 24.2 Å². The number of methoxy groups -OCH3 is 1. The van der Waals surface area contributed by atoms with Crippen LogP contribution in [0.5, 0.6) is 0 Å². The minimum Gasteiger partial charge on any atom is -0.480 e. The number of hydrogen-bond acceptors (Lipinski definition) is 4. The number of carbonyl (C=O) groups excluding carboxylic acids is 2. The maximum Gasteiger partial charge on any atom is 0.326 e. The molecule has 0 radical (unpaired) electrons. The van der Waals surface area contributed by atoms with Gasteiger partial charge in [-0.1, -0.05) is 30.3 Å². The van der Waals surface area contributed by atoms with Crippen LogP contribution >= 0.6 is 0 Å². The van der Waals surface area contributed by atoms with Crippen LogP contribution in [0, 0.1) is 0 Å². The number of rotatable bonds is 7. The summed E-state index contributed by atoms with van der Waals surface area (Å²) < 4.78 is 4.41. The van der Waals surface area contributed by atoms with Crippen molar-refractivity contribution in [1.29, 1.82) is 0 Å². The Balaban J connectivity index is 2.53. The largest absolute Gasteiger partial charge is 0.480 e. The Labute approximate surface area is 116 Å². The summed E-state index contributed by atoms with van der Waals surface area (Å²) in [6.07, 6.45) is 0.0331. The van der Waals surface area contributed by atoms with E-state index < -0.39 is 23.9 Å². The molecule has 0 saturated carbocycles. The number of aliphatic carboxylic acids is 1. The Morgan fingerprint density at radius 3 is 2.40 bits per heavy atom. The monoisotopic (exact) mass is 279 g/mol. The van der Waals surface area contributed by atoms with Crippen molar-refractivity contribution in [3.05, 3.63) is 35.9 Å². The quantitative estimate of drug-likeness (QED) is 0.718. The minimum absolute atomic E-state index is 0.0694. The molecule has 2 N–H and O–H groups in total. The first kappa shape index (κ1) is 15.7. The van der Waals surface area contributed by atoms with Gasteiger partial charge >= 0.3 is 11.9 Å². The van der Waals surface area contributed by atoms with Gasteiger partial charge in [0.2, 0.25) is 5.91 Å². The van der Waals surface area contributed by atoms with E-state index in [0.717, 1.165) is 5.56 Å². The van der Waals surface area contributed by atoms with Gasteiger partial charge in [-0.05, 0) is 5.56 Å². The normalized spacial score (nSPS) is 11.4. The van der Waals surface area contributed by atoms with Crippen LogP contribution in [-0.4, -0.2) is 36.1 Å². The van der Waals surface area contributed by atoms with Gasteiger partial charge in [-0.15, -0.1) is 0 Å². The zero-order valence-corrected chi connectivity index (χ0v) is 11.2. The Morgan fingerprint density at radius 2 is 1.85 bits per heavy atom. The third-order valence-electron chi connectivity index (χ3n) is 2.70. The molecule has 0 aliphatic heterocycles. The summed E-state index contributed by atoms with van der Waals surface area (Å²) in [5.41, 5.74) is 0.813. The summed E-state index contributed by atoms with van der Waals surface area (Å²) in [6.45, 7) is 0. The lowest BCUT2D eigenvalue weighted by Gasteiger charge is -2.14. The fraction of sp³-hybridized carbons (Fsp3) is 0.357. The number of benzene rings is 1. The van der Waals surface area contributed by atoms with E-state index in [0.29, 0.717) is 0 Å². The molecule has 0 heterocycles. The maximum atomic E-state index is 11.6. The number of carboxylic acid groups (broad SMARTS) is 1. The predicted octanol–water partition coefficient (Wildman–Crippen LogP) is 0.752. The van der Waals surface area contributed by atoms with E-state index in [4.69, 9.17) is 5.11 Å². The lowest BCUT2D eigenvalue weighted by Crippen LogP contribution is -2.42. The van der Waals surface area contributed by atoms with Crippen molar-refractivity contribution in [3.63, 3.8) is 0 Å². The van der Waals surface area contributed by atoms with Gasteiger partial charge in [0.15, 0.2) is 0 Å². The molecule has 0 aliphatic rings. The third-order valence-corrected chi connectivity index (χ3v) is 2.70. The zero-order chi connectivity index (χ0) is 15.0. The molecule has 0 bridgehead atoms. The van der Waals surface area contributed by atoms with Gasteiger partial charge < -0.3 is 15.2 Å². The van der Waals surface area contributed by atoms with Crippen molar-refractivity contribution in [1.82, 2.24) is 5.32 Å². The molecule has 1 unspecified atom stereocenters. The molecular weight excluding hydrogens is 262 g/mol. The van der Waals surface area contributed by atoms with E-state index in [1.165, 1.54) is 7.11 Å². The Morgan fingerprint density at radius 1 is 1.20 bits per heavy atom. The third kappa shape index (κ3) is 5.51. The van der Waals surface area contributed by atoms with Crippen LogP contribution in [0.3, 0.4) is 0 Å². The average Bonchev–Trinajstić information content (AvgIpc) is 2.45. The molecule has 0 aromatic heterocycles. The fourth-order valence-electron chi connectivity index (χ4n) is 1.63. The van der Waals surface area contributed by atoms with Crippen LogP contribution in [0.25, 0.3) is 0 Å². The Hall–Kier alpha value is -2.37. The topological polar surface area (TPSA) is 92.7 Å². The van der Waals surface area contributed by atoms with E-state index in [2.05, 4.69) is 10.1 Å². The van der Waals surface area contributed by atoms with E-state index in [9.17, 15) is 14.4 Å². The average molecular weight is 279 g/mol. The lowest BCUT2D eigenvalue weighted by atomic mass is 10.1. The van der Waals surface area contributed by atoms with Gasteiger partial charge in [0.05, 0.1) is 13.5 Å². The first-order valence-electron chi connectivity index (χ1n) is 6.16. The van der Waals surface area contributed by atoms with Gasteiger partial charge in [0.25, 0.3) is 0 Å². The van der Waals surface area contributed by atoms with Crippen LogP contribution in [-0.2, 0) is 25.5 Å². The number of esters is 1. The highest BCUT2D eigenvalue weighted by atomic mass is 16.5. The maximum absolute atomic E-state index is 11.6. The molecule has 108 valence electrons. The Kier molecular flexibility index (Phi) is 6.22. The SMILES string of the molecule is COC(=O)CCC(=O)NC(Cc1ccccc1)C(=O)O. The molecule has 1 rings (SSSR count). The predicted molar refractivity (Wildman–Crippen MR) is 71.0 cm³/mol. The van der Waals surface area contributed by atoms with Gasteiger partial charge in [0, 0.05) is 12.8 Å². The molecule has 1 aromatic rings. The summed E-state index contributed by atoms with van der Waals surface area (Å²) in [5.74, 6) is -2.10. The van der Waals surface area contributed by atoms with Gasteiger partial charge in [-0.25, -0.2) is 4.79 Å². The summed E-state index contributed by atoms with van der Waals surface area (Å²) in [6, 6.07) is 7.99. The van der Waals surface area contributed by atoms with Crippen LogP contribution in [0.1, 0.15) is 18.4 Å². The first-order valence-corrected chi connectivity index (χ1v) is 6.16. The smallest absolute Gasteiger partial charge is 0.326 e. The van der Waals surface area contributed by atoms with E-state index in [1.807, 2.05) is 6.07 Å². The molecule has 1 aromatic carbocycles. The molecule has 6 nitrogen and oxygen atoms in total. The summed E-state index contributed by atoms with van der Waals surface area (Å²) in [4.78, 5) is 33.6. The summed E-state index contributed by atoms with van der Waals surface area (Å²) in [7, 11) is 1.23. The molecule has 1 amide bonds. The van der Waals surface area contributed by atoms with Crippen LogP contribution in [0.2, 0.25) is 0 Å². The molecule has 0 aliphatic carbocycles. The summed E-state index contributed by atoms with van der Waals surface area (Å²) >= 11 is 0. The van der Waals surface area contributed by atoms with E-state index >= 15 is 0 Å². The van der Waals surface area contributed by atoms with Crippen LogP contribution in [0.15, 0.2) is 30.3 Å². The van der Waals surface area contributed by atoms with Crippen molar-refractivity contribution in [2.24, 2.45) is 0 Å². The highest BCUT2D eigenvalue weighted by Crippen LogP contribution is 2.04. The van der Waals surface area contributed by atoms with Gasteiger partial charge in [-0.3, -0.25) is 9.59 Å². The van der Waals surface area contributed by atoms with E-state index in [-0.39, 0.29) is 19.3 Å². The molecule has 1 atom stereocenters. The highest BCUT2D eigenvalue weighted by molar-refractivity contribution is 5.85. The molecule has 0 fully saturated rings. The molecule has 0 spiro atoms.